The molecule has 0 aliphatic rings. The minimum absolute atomic E-state index is 0.0861. The molecule has 0 fully saturated rings. The topological polar surface area (TPSA) is 75.6 Å². The van der Waals surface area contributed by atoms with Gasteiger partial charge < -0.3 is 15.2 Å². The quantitative estimate of drug-likeness (QED) is 0.676. The van der Waals surface area contributed by atoms with Gasteiger partial charge in [-0.25, -0.2) is 4.39 Å². The van der Waals surface area contributed by atoms with Crippen molar-refractivity contribution < 1.29 is 23.8 Å². The molecule has 5 nitrogen and oxygen atoms in total. The minimum Gasteiger partial charge on any atom is -0.481 e. The number of nitrogens with one attached hydrogen (secondary N) is 1. The Morgan fingerprint density at radius 3 is 2.08 bits per heavy atom. The molecule has 0 atom stereocenters. The van der Waals surface area contributed by atoms with Gasteiger partial charge in [-0.3, -0.25) is 9.59 Å². The highest BCUT2D eigenvalue weighted by Gasteiger charge is 2.04. The molecular weight excluding hydrogens is 325 g/mol. The third-order valence-corrected chi connectivity index (χ3v) is 3.51. The van der Waals surface area contributed by atoms with Gasteiger partial charge in [0, 0.05) is 19.4 Å². The lowest BCUT2D eigenvalue weighted by molar-refractivity contribution is -0.137. The van der Waals surface area contributed by atoms with Crippen molar-refractivity contribution in [3.8, 4) is 11.5 Å². The Morgan fingerprint density at radius 2 is 1.48 bits per heavy atom. The molecule has 0 saturated heterocycles. The Bertz CT molecular complexity index is 698. The van der Waals surface area contributed by atoms with Crippen LogP contribution in [0.25, 0.3) is 0 Å². The molecule has 2 N–H and O–H groups in total. The number of carbonyl (C=O) groups excluding carboxylic acids is 1. The van der Waals surface area contributed by atoms with Crippen molar-refractivity contribution in [2.24, 2.45) is 0 Å². The highest BCUT2D eigenvalue weighted by molar-refractivity contribution is 5.75. The first-order chi connectivity index (χ1) is 12.0. The van der Waals surface area contributed by atoms with Crippen LogP contribution in [0.2, 0.25) is 0 Å². The van der Waals surface area contributed by atoms with Gasteiger partial charge in [0.1, 0.15) is 17.3 Å². The SMILES string of the molecule is O=C(O)CCCCC(=O)NCc1ccc(Oc2ccc(F)cc2)cc1. The van der Waals surface area contributed by atoms with Gasteiger partial charge in [-0.2, -0.15) is 0 Å². The van der Waals surface area contributed by atoms with Crippen molar-refractivity contribution in [2.45, 2.75) is 32.2 Å². The van der Waals surface area contributed by atoms with Crippen molar-refractivity contribution >= 4 is 11.9 Å². The zero-order valence-electron chi connectivity index (χ0n) is 13.7. The predicted octanol–water partition coefficient (Wildman–Crippen LogP) is 3.88. The number of amides is 1. The Morgan fingerprint density at radius 1 is 0.920 bits per heavy atom. The molecular formula is C19H20FNO4. The van der Waals surface area contributed by atoms with Crippen molar-refractivity contribution in [3.05, 3.63) is 59.9 Å². The third kappa shape index (κ3) is 7.03. The van der Waals surface area contributed by atoms with Crippen molar-refractivity contribution in [2.75, 3.05) is 0 Å². The lowest BCUT2D eigenvalue weighted by Crippen LogP contribution is -2.22. The Balaban J connectivity index is 1.73. The summed E-state index contributed by atoms with van der Waals surface area (Å²) >= 11 is 0. The fourth-order valence-electron chi connectivity index (χ4n) is 2.16. The van der Waals surface area contributed by atoms with E-state index in [0.717, 1.165) is 5.56 Å². The summed E-state index contributed by atoms with van der Waals surface area (Å²) in [6, 6.07) is 13.0. The van der Waals surface area contributed by atoms with E-state index in [2.05, 4.69) is 5.32 Å². The second-order valence-corrected chi connectivity index (χ2v) is 5.58. The van der Waals surface area contributed by atoms with Gasteiger partial charge in [0.15, 0.2) is 0 Å². The molecule has 0 heterocycles. The lowest BCUT2D eigenvalue weighted by atomic mass is 10.2. The molecule has 0 saturated carbocycles. The lowest BCUT2D eigenvalue weighted by Gasteiger charge is -2.08. The van der Waals surface area contributed by atoms with Crippen LogP contribution in [0, 0.1) is 5.82 Å². The normalized spacial score (nSPS) is 10.3. The first-order valence-electron chi connectivity index (χ1n) is 8.04. The summed E-state index contributed by atoms with van der Waals surface area (Å²) in [4.78, 5) is 22.1. The van der Waals surface area contributed by atoms with E-state index in [1.165, 1.54) is 12.1 Å². The molecule has 132 valence electrons. The van der Waals surface area contributed by atoms with E-state index in [1.807, 2.05) is 12.1 Å². The Kier molecular flexibility index (Phi) is 6.95. The molecule has 0 unspecified atom stereocenters. The summed E-state index contributed by atoms with van der Waals surface area (Å²) in [6.45, 7) is 0.397. The molecule has 2 aromatic rings. The minimum atomic E-state index is -0.844. The van der Waals surface area contributed by atoms with E-state index >= 15 is 0 Å². The fraction of sp³-hybridized carbons (Fsp3) is 0.263. The Hall–Kier alpha value is -2.89. The average molecular weight is 345 g/mol. The molecule has 2 aromatic carbocycles. The monoisotopic (exact) mass is 345 g/mol. The number of carboxylic acid groups (broad SMARTS) is 1. The van der Waals surface area contributed by atoms with Crippen LogP contribution in [0.3, 0.4) is 0 Å². The van der Waals surface area contributed by atoms with E-state index in [1.54, 1.807) is 24.3 Å². The number of carbonyl (C=O) groups is 2. The van der Waals surface area contributed by atoms with Gasteiger partial charge in [-0.15, -0.1) is 0 Å². The zero-order valence-corrected chi connectivity index (χ0v) is 13.7. The number of ether oxygens (including phenoxy) is 1. The molecule has 0 aliphatic heterocycles. The molecule has 0 aliphatic carbocycles. The molecule has 0 radical (unpaired) electrons. The van der Waals surface area contributed by atoms with E-state index in [-0.39, 0.29) is 18.1 Å². The summed E-state index contributed by atoms with van der Waals surface area (Å²) in [5.41, 5.74) is 0.922. The van der Waals surface area contributed by atoms with Crippen LogP contribution in [0.5, 0.6) is 11.5 Å². The average Bonchev–Trinajstić information content (AvgIpc) is 2.60. The molecule has 0 bridgehead atoms. The fourth-order valence-corrected chi connectivity index (χ4v) is 2.16. The molecule has 25 heavy (non-hydrogen) atoms. The summed E-state index contributed by atoms with van der Waals surface area (Å²) in [7, 11) is 0. The smallest absolute Gasteiger partial charge is 0.303 e. The number of unbranched alkanes of at least 4 members (excludes halogenated alkanes) is 1. The van der Waals surface area contributed by atoms with Gasteiger partial charge in [0.05, 0.1) is 0 Å². The van der Waals surface area contributed by atoms with Gasteiger partial charge >= 0.3 is 5.97 Å². The number of halogens is 1. The maximum Gasteiger partial charge on any atom is 0.303 e. The van der Waals surface area contributed by atoms with Crippen LogP contribution in [-0.4, -0.2) is 17.0 Å². The van der Waals surface area contributed by atoms with E-state index < -0.39 is 5.97 Å². The third-order valence-electron chi connectivity index (χ3n) is 3.51. The molecule has 0 aromatic heterocycles. The molecule has 6 heteroatoms. The maximum atomic E-state index is 12.8. The van der Waals surface area contributed by atoms with E-state index in [4.69, 9.17) is 9.84 Å². The first-order valence-corrected chi connectivity index (χ1v) is 8.04. The number of benzene rings is 2. The highest BCUT2D eigenvalue weighted by atomic mass is 19.1. The predicted molar refractivity (Wildman–Crippen MR) is 90.9 cm³/mol. The first kappa shape index (κ1) is 18.4. The van der Waals surface area contributed by atoms with Crippen LogP contribution < -0.4 is 10.1 Å². The summed E-state index contributed by atoms with van der Waals surface area (Å²) in [5, 5.41) is 11.3. The standard InChI is InChI=1S/C19H20FNO4/c20-15-7-11-17(12-8-15)25-16-9-5-14(6-10-16)13-21-18(22)3-1-2-4-19(23)24/h5-12H,1-4,13H2,(H,21,22)(H,23,24). The van der Waals surface area contributed by atoms with Gasteiger partial charge in [-0.05, 0) is 54.8 Å². The molecule has 1 amide bonds. The number of hydrogen-bond donors (Lipinski definition) is 2. The van der Waals surface area contributed by atoms with Crippen LogP contribution in [-0.2, 0) is 16.1 Å². The summed E-state index contributed by atoms with van der Waals surface area (Å²) < 4.78 is 18.4. The van der Waals surface area contributed by atoms with Gasteiger partial charge in [-0.1, -0.05) is 12.1 Å². The second kappa shape index (κ2) is 9.42. The van der Waals surface area contributed by atoms with Crippen molar-refractivity contribution in [1.29, 1.82) is 0 Å². The van der Waals surface area contributed by atoms with Crippen molar-refractivity contribution in [1.82, 2.24) is 5.32 Å². The second-order valence-electron chi connectivity index (χ2n) is 5.58. The maximum absolute atomic E-state index is 12.8. The van der Waals surface area contributed by atoms with Gasteiger partial charge in [0.25, 0.3) is 0 Å². The number of carboxylic acids is 1. The zero-order chi connectivity index (χ0) is 18.1. The van der Waals surface area contributed by atoms with Crippen LogP contribution >= 0.6 is 0 Å². The molecule has 0 spiro atoms. The van der Waals surface area contributed by atoms with Crippen molar-refractivity contribution in [3.63, 3.8) is 0 Å². The number of hydrogen-bond acceptors (Lipinski definition) is 3. The van der Waals surface area contributed by atoms with E-state index in [0.29, 0.717) is 37.3 Å². The summed E-state index contributed by atoms with van der Waals surface area (Å²) in [6.07, 6.45) is 1.46. The van der Waals surface area contributed by atoms with Crippen LogP contribution in [0.15, 0.2) is 48.5 Å². The van der Waals surface area contributed by atoms with Gasteiger partial charge in [0.2, 0.25) is 5.91 Å². The van der Waals surface area contributed by atoms with Crippen LogP contribution in [0.1, 0.15) is 31.2 Å². The largest absolute Gasteiger partial charge is 0.481 e. The Labute approximate surface area is 145 Å². The summed E-state index contributed by atoms with van der Waals surface area (Å²) in [5.74, 6) is -0.0963. The molecule has 2 rings (SSSR count). The number of rotatable bonds is 9. The van der Waals surface area contributed by atoms with Crippen LogP contribution in [0.4, 0.5) is 4.39 Å². The number of aliphatic carboxylic acids is 1. The highest BCUT2D eigenvalue weighted by Crippen LogP contribution is 2.21. The van der Waals surface area contributed by atoms with E-state index in [9.17, 15) is 14.0 Å².